The van der Waals surface area contributed by atoms with Crippen molar-refractivity contribution in [2.45, 2.75) is 51.2 Å². The quantitative estimate of drug-likeness (QED) is 0.649. The fourth-order valence-corrected chi connectivity index (χ4v) is 8.93. The molecule has 130 valence electrons. The molecule has 0 saturated carbocycles. The van der Waals surface area contributed by atoms with Crippen molar-refractivity contribution < 1.29 is 4.79 Å². The maximum Gasteiger partial charge on any atom is 0.176 e. The summed E-state index contributed by atoms with van der Waals surface area (Å²) < 4.78 is -0.226. The van der Waals surface area contributed by atoms with Gasteiger partial charge < -0.3 is 0 Å². The molecule has 0 radical (unpaired) electrons. The number of rotatable bonds is 5. The van der Waals surface area contributed by atoms with E-state index in [1.54, 1.807) is 0 Å². The molecule has 1 saturated heterocycles. The third-order valence-electron chi connectivity index (χ3n) is 5.95. The Hall–Kier alpha value is -0.410. The molecule has 1 nitrogen and oxygen atoms in total. The Labute approximate surface area is 148 Å². The van der Waals surface area contributed by atoms with Gasteiger partial charge in [0, 0.05) is 17.1 Å². The summed E-state index contributed by atoms with van der Waals surface area (Å²) >= 11 is 2.04. The van der Waals surface area contributed by atoms with E-state index in [1.165, 1.54) is 28.6 Å². The van der Waals surface area contributed by atoms with E-state index in [-0.39, 0.29) is 10.2 Å². The molecular formula is C20H32OS2. The van der Waals surface area contributed by atoms with Crippen molar-refractivity contribution in [1.29, 1.82) is 0 Å². The van der Waals surface area contributed by atoms with Crippen LogP contribution in [0.3, 0.4) is 0 Å². The molecular weight excluding hydrogens is 320 g/mol. The molecule has 0 amide bonds. The van der Waals surface area contributed by atoms with E-state index < -0.39 is 10.0 Å². The minimum Gasteiger partial charge on any atom is -0.293 e. The van der Waals surface area contributed by atoms with Crippen LogP contribution in [-0.4, -0.2) is 39.8 Å². The van der Waals surface area contributed by atoms with Gasteiger partial charge in [-0.05, 0) is 49.0 Å². The summed E-state index contributed by atoms with van der Waals surface area (Å²) in [6.45, 7) is 11.1. The van der Waals surface area contributed by atoms with Crippen LogP contribution in [0, 0.1) is 0 Å². The number of Topliss-reactive ketones (excluding diaryl/α,β-unsaturated/α-hetero) is 1. The predicted octanol–water partition coefficient (Wildman–Crippen LogP) is 5.52. The first-order chi connectivity index (χ1) is 10.6. The van der Waals surface area contributed by atoms with Gasteiger partial charge in [-0.1, -0.05) is 45.0 Å². The lowest BCUT2D eigenvalue weighted by Gasteiger charge is -2.50. The summed E-state index contributed by atoms with van der Waals surface area (Å²) in [6, 6.07) is 8.41. The number of ketones is 1. The van der Waals surface area contributed by atoms with Gasteiger partial charge in [-0.25, -0.2) is 10.0 Å². The van der Waals surface area contributed by atoms with Crippen LogP contribution in [0.1, 0.15) is 57.0 Å². The summed E-state index contributed by atoms with van der Waals surface area (Å²) in [4.78, 5) is 13.2. The van der Waals surface area contributed by atoms with Gasteiger partial charge in [-0.15, -0.1) is 0 Å². The Bertz CT molecular complexity index is 552. The Balaban J connectivity index is 2.25. The Kier molecular flexibility index (Phi) is 5.62. The minimum absolute atomic E-state index is 0.176. The number of carbonyl (C=O) groups excluding carboxylic acids is 1. The van der Waals surface area contributed by atoms with E-state index >= 15 is 0 Å². The molecule has 1 fully saturated rings. The van der Waals surface area contributed by atoms with Gasteiger partial charge in [-0.3, -0.25) is 4.79 Å². The molecule has 23 heavy (non-hydrogen) atoms. The van der Waals surface area contributed by atoms with Crippen LogP contribution in [-0.2, 0) is 5.41 Å². The second-order valence-electron chi connectivity index (χ2n) is 7.95. The summed E-state index contributed by atoms with van der Waals surface area (Å²) in [5.41, 5.74) is 2.38. The fraction of sp³-hybridized carbons (Fsp3) is 0.650. The fourth-order valence-electron chi connectivity index (χ4n) is 3.05. The van der Waals surface area contributed by atoms with Crippen molar-refractivity contribution in [1.82, 2.24) is 0 Å². The van der Waals surface area contributed by atoms with Crippen molar-refractivity contribution in [2.75, 3.05) is 29.3 Å². The van der Waals surface area contributed by atoms with Gasteiger partial charge in [-0.2, -0.15) is 11.8 Å². The molecule has 1 aromatic rings. The van der Waals surface area contributed by atoms with Crippen LogP contribution >= 0.6 is 21.8 Å². The molecule has 0 atom stereocenters. The first-order valence-electron chi connectivity index (χ1n) is 8.60. The topological polar surface area (TPSA) is 17.1 Å². The lowest BCUT2D eigenvalue weighted by Crippen LogP contribution is -2.42. The number of hydrogen-bond donors (Lipinski definition) is 0. The summed E-state index contributed by atoms with van der Waals surface area (Å²) in [5, 5.41) is 0. The highest BCUT2D eigenvalue weighted by atomic mass is 32.3. The minimum atomic E-state index is -0.879. The van der Waals surface area contributed by atoms with Gasteiger partial charge in [0.2, 0.25) is 0 Å². The zero-order valence-electron chi connectivity index (χ0n) is 15.6. The SMILES string of the molecule is CCC(C)(C)c1ccc(C(=O)C(C)(C)S2(C)CCSCC2)cc1. The van der Waals surface area contributed by atoms with Crippen molar-refractivity contribution in [3.8, 4) is 0 Å². The van der Waals surface area contributed by atoms with E-state index in [1.807, 2.05) is 11.8 Å². The average Bonchev–Trinajstić information content (AvgIpc) is 2.54. The van der Waals surface area contributed by atoms with E-state index in [2.05, 4.69) is 65.1 Å². The second kappa shape index (κ2) is 6.84. The monoisotopic (exact) mass is 352 g/mol. The zero-order chi connectivity index (χ0) is 17.3. The normalized spacial score (nSPS) is 20.1. The first kappa shape index (κ1) is 18.9. The molecule has 2 rings (SSSR count). The molecule has 1 aliphatic heterocycles. The maximum atomic E-state index is 13.2. The highest BCUT2D eigenvalue weighted by molar-refractivity contribution is 8.35. The van der Waals surface area contributed by atoms with Gasteiger partial charge >= 0.3 is 0 Å². The Morgan fingerprint density at radius 1 is 1.09 bits per heavy atom. The average molecular weight is 353 g/mol. The van der Waals surface area contributed by atoms with Gasteiger partial charge in [0.1, 0.15) is 0 Å². The summed E-state index contributed by atoms with van der Waals surface area (Å²) in [5.74, 6) is 5.20. The Morgan fingerprint density at radius 2 is 1.61 bits per heavy atom. The number of hydrogen-bond acceptors (Lipinski definition) is 2. The molecule has 0 N–H and O–H groups in total. The smallest absolute Gasteiger partial charge is 0.176 e. The van der Waals surface area contributed by atoms with E-state index in [0.29, 0.717) is 5.78 Å². The van der Waals surface area contributed by atoms with Gasteiger partial charge in [0.05, 0.1) is 4.75 Å². The summed E-state index contributed by atoms with van der Waals surface area (Å²) in [6.07, 6.45) is 3.49. The van der Waals surface area contributed by atoms with Crippen LogP contribution in [0.25, 0.3) is 0 Å². The lowest BCUT2D eigenvalue weighted by molar-refractivity contribution is 0.0956. The number of carbonyl (C=O) groups is 1. The second-order valence-corrected chi connectivity index (χ2v) is 13.6. The van der Waals surface area contributed by atoms with Crippen LogP contribution in [0.2, 0.25) is 0 Å². The van der Waals surface area contributed by atoms with Crippen molar-refractivity contribution in [2.24, 2.45) is 0 Å². The zero-order valence-corrected chi connectivity index (χ0v) is 17.2. The van der Waals surface area contributed by atoms with Crippen LogP contribution in [0.4, 0.5) is 0 Å². The third kappa shape index (κ3) is 3.66. The number of benzene rings is 1. The van der Waals surface area contributed by atoms with E-state index in [9.17, 15) is 4.79 Å². The van der Waals surface area contributed by atoms with E-state index in [4.69, 9.17) is 0 Å². The molecule has 0 spiro atoms. The maximum absolute atomic E-state index is 13.2. The standard InChI is InChI=1S/C20H32OS2/c1-7-19(2,3)17-10-8-16(9-11-17)18(21)20(4,5)23(6)14-12-22-13-15-23/h8-11H,7,12-15H2,1-6H3. The largest absolute Gasteiger partial charge is 0.293 e. The molecule has 1 aliphatic rings. The highest BCUT2D eigenvalue weighted by Crippen LogP contribution is 2.59. The Morgan fingerprint density at radius 3 is 2.09 bits per heavy atom. The van der Waals surface area contributed by atoms with Crippen LogP contribution in [0.5, 0.6) is 0 Å². The van der Waals surface area contributed by atoms with Gasteiger partial charge in [0.25, 0.3) is 0 Å². The van der Waals surface area contributed by atoms with Crippen LogP contribution in [0.15, 0.2) is 24.3 Å². The lowest BCUT2D eigenvalue weighted by atomic mass is 9.81. The number of thioether (sulfide) groups is 1. The highest BCUT2D eigenvalue weighted by Gasteiger charge is 2.43. The third-order valence-corrected chi connectivity index (χ3v) is 12.3. The van der Waals surface area contributed by atoms with Crippen molar-refractivity contribution >= 4 is 27.6 Å². The molecule has 0 unspecified atom stereocenters. The molecule has 0 bridgehead atoms. The molecule has 1 aromatic carbocycles. The van der Waals surface area contributed by atoms with Gasteiger partial charge in [0.15, 0.2) is 5.78 Å². The molecule has 0 aliphatic carbocycles. The van der Waals surface area contributed by atoms with Crippen molar-refractivity contribution in [3.05, 3.63) is 35.4 Å². The molecule has 1 heterocycles. The first-order valence-corrected chi connectivity index (χ1v) is 12.1. The summed E-state index contributed by atoms with van der Waals surface area (Å²) in [7, 11) is -0.879. The molecule has 3 heteroatoms. The molecule has 0 aromatic heterocycles. The van der Waals surface area contributed by atoms with Crippen molar-refractivity contribution in [3.63, 3.8) is 0 Å². The van der Waals surface area contributed by atoms with E-state index in [0.717, 1.165) is 12.0 Å². The predicted molar refractivity (Wildman–Crippen MR) is 109 cm³/mol. The van der Waals surface area contributed by atoms with Crippen LogP contribution < -0.4 is 0 Å².